The largest absolute Gasteiger partial charge is 0.479 e. The Morgan fingerprint density at radius 2 is 0.651 bits per heavy atom. The lowest BCUT2D eigenvalue weighted by atomic mass is 10.0. The molecule has 256 valence electrons. The number of amides is 2. The van der Waals surface area contributed by atoms with E-state index < -0.39 is 12.1 Å². The van der Waals surface area contributed by atoms with Crippen LogP contribution in [0.15, 0.2) is 0 Å². The lowest BCUT2D eigenvalue weighted by molar-refractivity contribution is -0.736. The highest BCUT2D eigenvalue weighted by atomic mass is 16.4. The zero-order chi connectivity index (χ0) is 32.6. The minimum absolute atomic E-state index is 0.0590. The number of nitrogens with zero attached hydrogens (tertiary/aromatic N) is 1. The van der Waals surface area contributed by atoms with Gasteiger partial charge in [-0.25, -0.2) is 18.9 Å². The molecular formula is C37H74NO5+. The van der Waals surface area contributed by atoms with E-state index in [9.17, 15) is 14.4 Å². The lowest BCUT2D eigenvalue weighted by Crippen LogP contribution is -2.50. The predicted octanol–water partition coefficient (Wildman–Crippen LogP) is 10.5. The third-order valence-corrected chi connectivity index (χ3v) is 8.59. The number of carboxylic acid groups (broad SMARTS) is 1. The summed E-state index contributed by atoms with van der Waals surface area (Å²) in [7, 11) is 3.60. The van der Waals surface area contributed by atoms with Gasteiger partial charge in [0.1, 0.15) is 6.10 Å². The van der Waals surface area contributed by atoms with Gasteiger partial charge in [0.25, 0.3) is 0 Å². The van der Waals surface area contributed by atoms with Crippen LogP contribution in [-0.2, 0) is 14.4 Å². The van der Waals surface area contributed by atoms with E-state index in [1.54, 1.807) is 14.1 Å². The molecule has 0 radical (unpaired) electrons. The highest BCUT2D eigenvalue weighted by Crippen LogP contribution is 2.17. The number of hydrogen-bond acceptors (Lipinski definition) is 4. The summed E-state index contributed by atoms with van der Waals surface area (Å²) in [6.45, 7) is 5.75. The maximum absolute atomic E-state index is 12.7. The fraction of sp³-hybridized carbons (Fsp3) is 0.919. The number of quaternary nitrogens is 1. The van der Waals surface area contributed by atoms with Gasteiger partial charge in [-0.2, -0.15) is 0 Å². The Labute approximate surface area is 267 Å². The molecule has 43 heavy (non-hydrogen) atoms. The Bertz CT molecular complexity index is 603. The van der Waals surface area contributed by atoms with Gasteiger partial charge in [-0.15, -0.1) is 0 Å². The Hall–Kier alpha value is -1.27. The van der Waals surface area contributed by atoms with Crippen LogP contribution in [0.3, 0.4) is 0 Å². The number of carbonyl (C=O) groups is 3. The van der Waals surface area contributed by atoms with Gasteiger partial charge in [-0.05, 0) is 19.8 Å². The van der Waals surface area contributed by atoms with Crippen LogP contribution in [0.1, 0.15) is 201 Å². The van der Waals surface area contributed by atoms with E-state index in [1.165, 1.54) is 148 Å². The van der Waals surface area contributed by atoms with E-state index in [1.807, 2.05) is 0 Å². The molecule has 0 aliphatic heterocycles. The molecule has 0 bridgehead atoms. The van der Waals surface area contributed by atoms with Gasteiger partial charge in [0.05, 0.1) is 26.9 Å². The highest BCUT2D eigenvalue weighted by molar-refractivity contribution is 5.84. The van der Waals surface area contributed by atoms with Gasteiger partial charge in [-0.1, -0.05) is 168 Å². The Balaban J connectivity index is 0. The SMILES string of the molecule is CC(O)C(=O)O.CCCCCCCCCCCCCCCC(=O)[N+](C)(C)C(=O)CCCCCCCCCCCCCCC. The molecule has 0 aromatic heterocycles. The average molecular weight is 613 g/mol. The summed E-state index contributed by atoms with van der Waals surface area (Å²) in [6, 6.07) is 0. The van der Waals surface area contributed by atoms with Gasteiger partial charge >= 0.3 is 17.8 Å². The molecule has 6 nitrogen and oxygen atoms in total. The molecule has 0 aliphatic rings. The van der Waals surface area contributed by atoms with Crippen molar-refractivity contribution in [2.75, 3.05) is 14.1 Å². The molecule has 1 unspecified atom stereocenters. The van der Waals surface area contributed by atoms with Crippen molar-refractivity contribution >= 4 is 17.8 Å². The normalized spacial score (nSPS) is 12.0. The number of carboxylic acids is 1. The van der Waals surface area contributed by atoms with E-state index in [0.29, 0.717) is 12.8 Å². The molecular weight excluding hydrogens is 538 g/mol. The van der Waals surface area contributed by atoms with Crippen molar-refractivity contribution in [3.05, 3.63) is 0 Å². The number of rotatable bonds is 29. The van der Waals surface area contributed by atoms with Crippen LogP contribution in [0.2, 0.25) is 0 Å². The molecule has 0 aliphatic carbocycles. The van der Waals surface area contributed by atoms with Gasteiger partial charge < -0.3 is 10.2 Å². The zero-order valence-electron chi connectivity index (χ0n) is 29.4. The average Bonchev–Trinajstić information content (AvgIpc) is 2.97. The number of imide groups is 1. The van der Waals surface area contributed by atoms with Gasteiger partial charge in [-0.3, -0.25) is 0 Å². The standard InChI is InChI=1S/C34H68NO2.C3H6O3/c1-5-7-9-11-13-15-17-19-21-23-25-27-29-31-33(36)35(3,4)34(37)32-30-28-26-24-22-20-18-16-14-12-10-8-6-2;1-2(4)3(5)6/h5-32H2,1-4H3;2,4H,1H3,(H,5,6)/q+1;. The Morgan fingerprint density at radius 3 is 0.837 bits per heavy atom. The van der Waals surface area contributed by atoms with Crippen LogP contribution in [0, 0.1) is 0 Å². The number of unbranched alkanes of at least 4 members (excludes halogenated alkanes) is 24. The van der Waals surface area contributed by atoms with Crippen molar-refractivity contribution in [1.29, 1.82) is 0 Å². The quantitative estimate of drug-likeness (QED) is 0.0647. The Kier molecular flexibility index (Phi) is 32.8. The second-order valence-corrected chi connectivity index (χ2v) is 13.2. The molecule has 2 N–H and O–H groups in total. The minimum Gasteiger partial charge on any atom is -0.479 e. The first-order valence-electron chi connectivity index (χ1n) is 18.4. The Morgan fingerprint density at radius 1 is 0.465 bits per heavy atom. The van der Waals surface area contributed by atoms with Crippen molar-refractivity contribution in [2.24, 2.45) is 0 Å². The molecule has 0 aromatic rings. The fourth-order valence-electron chi connectivity index (χ4n) is 5.29. The van der Waals surface area contributed by atoms with Crippen molar-refractivity contribution in [1.82, 2.24) is 0 Å². The number of aliphatic hydroxyl groups is 1. The first-order chi connectivity index (χ1) is 20.6. The maximum atomic E-state index is 12.7. The predicted molar refractivity (Wildman–Crippen MR) is 182 cm³/mol. The molecule has 0 saturated carbocycles. The maximum Gasteiger partial charge on any atom is 0.332 e. The van der Waals surface area contributed by atoms with E-state index in [-0.39, 0.29) is 16.3 Å². The highest BCUT2D eigenvalue weighted by Gasteiger charge is 2.33. The van der Waals surface area contributed by atoms with Crippen molar-refractivity contribution in [3.63, 3.8) is 0 Å². The van der Waals surface area contributed by atoms with Gasteiger partial charge in [0, 0.05) is 0 Å². The molecule has 0 fully saturated rings. The second kappa shape index (κ2) is 32.1. The number of carbonyl (C=O) groups excluding carboxylic acids is 2. The summed E-state index contributed by atoms with van der Waals surface area (Å²) < 4.78 is -0.0590. The van der Waals surface area contributed by atoms with Gasteiger partial charge in [0.2, 0.25) is 0 Å². The van der Waals surface area contributed by atoms with E-state index >= 15 is 0 Å². The topological polar surface area (TPSA) is 91.7 Å². The summed E-state index contributed by atoms with van der Waals surface area (Å²) in [4.78, 5) is 34.8. The van der Waals surface area contributed by atoms with Crippen LogP contribution in [0.4, 0.5) is 0 Å². The summed E-state index contributed by atoms with van der Waals surface area (Å²) in [5.74, 6) is -0.986. The van der Waals surface area contributed by atoms with E-state index in [2.05, 4.69) is 13.8 Å². The van der Waals surface area contributed by atoms with Gasteiger partial charge in [0.15, 0.2) is 0 Å². The first-order valence-corrected chi connectivity index (χ1v) is 18.4. The summed E-state index contributed by atoms with van der Waals surface area (Å²) in [5.41, 5.74) is 0. The fourth-order valence-corrected chi connectivity index (χ4v) is 5.29. The molecule has 1 atom stereocenters. The molecule has 0 saturated heterocycles. The molecule has 2 amide bonds. The molecule has 0 aromatic carbocycles. The smallest absolute Gasteiger partial charge is 0.332 e. The number of hydrogen-bond donors (Lipinski definition) is 2. The monoisotopic (exact) mass is 613 g/mol. The van der Waals surface area contributed by atoms with Crippen LogP contribution < -0.4 is 0 Å². The third-order valence-electron chi connectivity index (χ3n) is 8.59. The van der Waals surface area contributed by atoms with Crippen LogP contribution in [-0.4, -0.2) is 52.7 Å². The number of aliphatic carboxylic acids is 1. The van der Waals surface area contributed by atoms with Crippen molar-refractivity contribution in [2.45, 2.75) is 207 Å². The van der Waals surface area contributed by atoms with Crippen LogP contribution in [0.25, 0.3) is 0 Å². The van der Waals surface area contributed by atoms with Crippen molar-refractivity contribution < 1.29 is 29.1 Å². The summed E-state index contributed by atoms with van der Waals surface area (Å²) in [6.07, 6.45) is 33.9. The first kappa shape index (κ1) is 43.9. The molecule has 0 heterocycles. The summed E-state index contributed by atoms with van der Waals surface area (Å²) >= 11 is 0. The van der Waals surface area contributed by atoms with Crippen LogP contribution in [0.5, 0.6) is 0 Å². The van der Waals surface area contributed by atoms with Crippen LogP contribution >= 0.6 is 0 Å². The summed E-state index contributed by atoms with van der Waals surface area (Å²) in [5, 5.41) is 15.8. The molecule has 0 spiro atoms. The molecule has 6 heteroatoms. The molecule has 0 rings (SSSR count). The zero-order valence-corrected chi connectivity index (χ0v) is 29.4. The number of aliphatic hydroxyl groups excluding tert-OH is 1. The van der Waals surface area contributed by atoms with Crippen molar-refractivity contribution in [3.8, 4) is 0 Å². The van der Waals surface area contributed by atoms with E-state index in [4.69, 9.17) is 10.2 Å². The minimum atomic E-state index is -1.23. The van der Waals surface area contributed by atoms with E-state index in [0.717, 1.165) is 25.7 Å². The third kappa shape index (κ3) is 30.5. The lowest BCUT2D eigenvalue weighted by Gasteiger charge is -2.24. The second-order valence-electron chi connectivity index (χ2n) is 13.2.